The summed E-state index contributed by atoms with van der Waals surface area (Å²) in [5.41, 5.74) is 0.485. The Kier molecular flexibility index (Phi) is 9.84. The first-order valence-corrected chi connectivity index (χ1v) is 17.6. The second-order valence-corrected chi connectivity index (χ2v) is 15.9. The van der Waals surface area contributed by atoms with Crippen LogP contribution in [0.4, 0.5) is 0 Å². The van der Waals surface area contributed by atoms with Crippen LogP contribution in [0.15, 0.2) is 12.5 Å². The monoisotopic (exact) mass is 583 g/mol. The van der Waals surface area contributed by atoms with Gasteiger partial charge in [-0.2, -0.15) is 0 Å². The number of aliphatic hydroxyl groups is 1. The zero-order chi connectivity index (χ0) is 30.1. The minimum absolute atomic E-state index is 0.00390. The van der Waals surface area contributed by atoms with Gasteiger partial charge in [-0.25, -0.2) is 4.98 Å². The van der Waals surface area contributed by atoms with Crippen LogP contribution < -0.4 is 5.32 Å². The molecule has 10 atom stereocenters. The number of aromatic amines is 1. The Balaban J connectivity index is 1.37. The first-order valence-electron chi connectivity index (χ1n) is 17.6. The van der Waals surface area contributed by atoms with Gasteiger partial charge in [0, 0.05) is 49.2 Å². The Morgan fingerprint density at radius 2 is 1.95 bits per heavy atom. The van der Waals surface area contributed by atoms with Crippen molar-refractivity contribution in [3.63, 3.8) is 0 Å². The molecule has 3 N–H and O–H groups in total. The number of esters is 1. The topological polar surface area (TPSA) is 87.2 Å². The van der Waals surface area contributed by atoms with Crippen LogP contribution in [-0.2, 0) is 16.0 Å². The van der Waals surface area contributed by atoms with Crippen molar-refractivity contribution in [1.82, 2.24) is 15.3 Å². The predicted molar refractivity (Wildman–Crippen MR) is 169 cm³/mol. The molecule has 0 aliphatic heterocycles. The highest BCUT2D eigenvalue weighted by molar-refractivity contribution is 5.69. The van der Waals surface area contributed by atoms with Crippen LogP contribution in [0.3, 0.4) is 0 Å². The van der Waals surface area contributed by atoms with E-state index in [2.05, 4.69) is 49.9 Å². The van der Waals surface area contributed by atoms with Crippen molar-refractivity contribution in [2.45, 2.75) is 149 Å². The lowest BCUT2D eigenvalue weighted by Crippen LogP contribution is -2.71. The number of imidazole rings is 1. The van der Waals surface area contributed by atoms with E-state index < -0.39 is 5.60 Å². The molecule has 3 unspecified atom stereocenters. The number of ether oxygens (including phenoxy) is 1. The summed E-state index contributed by atoms with van der Waals surface area (Å²) in [5.74, 6) is 4.23. The summed E-state index contributed by atoms with van der Waals surface area (Å²) in [6.07, 6.45) is 18.3. The Hall–Kier alpha value is -1.40. The molecule has 1 heterocycles. The molecule has 0 aromatic carbocycles. The van der Waals surface area contributed by atoms with Gasteiger partial charge in [0.2, 0.25) is 0 Å². The van der Waals surface area contributed by atoms with Crippen LogP contribution in [-0.4, -0.2) is 45.3 Å². The van der Waals surface area contributed by atoms with E-state index in [0.717, 1.165) is 68.0 Å². The molecule has 0 bridgehead atoms. The van der Waals surface area contributed by atoms with Gasteiger partial charge in [0.05, 0.1) is 11.9 Å². The number of aromatic nitrogens is 2. The number of nitrogens with zero attached hydrogens (tertiary/aromatic N) is 1. The molecular formula is C36H61N3O3. The molecule has 4 aliphatic rings. The summed E-state index contributed by atoms with van der Waals surface area (Å²) >= 11 is 0. The summed E-state index contributed by atoms with van der Waals surface area (Å²) in [6, 6.07) is 0.00390. The zero-order valence-electron chi connectivity index (χ0n) is 27.6. The number of hydrogen-bond acceptors (Lipinski definition) is 5. The van der Waals surface area contributed by atoms with Crippen LogP contribution in [0.2, 0.25) is 0 Å². The summed E-state index contributed by atoms with van der Waals surface area (Å²) in [5, 5.41) is 16.7. The molecule has 4 fully saturated rings. The third kappa shape index (κ3) is 5.97. The summed E-state index contributed by atoms with van der Waals surface area (Å²) in [6.45, 7) is 15.1. The van der Waals surface area contributed by atoms with Gasteiger partial charge >= 0.3 is 5.97 Å². The minimum atomic E-state index is -0.881. The Morgan fingerprint density at radius 3 is 2.67 bits per heavy atom. The SMILES string of the molecule is CCCC(=O)OC1CC[C@]2(C)[C@H]3CC[C@]4(C)[C@@H]([C@H](C)CCCC(C)C)CC[C@H]4[C@@H]3CC(NCCc3cnc[nH]3)C2(O)C1. The first-order chi connectivity index (χ1) is 20.0. The molecule has 0 amide bonds. The molecule has 0 radical (unpaired) electrons. The van der Waals surface area contributed by atoms with Gasteiger partial charge in [0.25, 0.3) is 0 Å². The predicted octanol–water partition coefficient (Wildman–Crippen LogP) is 7.47. The molecule has 6 nitrogen and oxygen atoms in total. The largest absolute Gasteiger partial charge is 0.462 e. The van der Waals surface area contributed by atoms with Crippen LogP contribution in [0.5, 0.6) is 0 Å². The Labute approximate surface area is 255 Å². The number of H-pyrrole nitrogens is 1. The van der Waals surface area contributed by atoms with Crippen molar-refractivity contribution >= 4 is 5.97 Å². The fourth-order valence-corrected chi connectivity index (χ4v) is 10.9. The summed E-state index contributed by atoms with van der Waals surface area (Å²) < 4.78 is 5.97. The number of fused-ring (bicyclic) bond motifs is 5. The lowest BCUT2D eigenvalue weighted by molar-refractivity contribution is -0.237. The molecule has 5 rings (SSSR count). The molecule has 0 spiro atoms. The van der Waals surface area contributed by atoms with E-state index in [1.54, 1.807) is 6.33 Å². The highest BCUT2D eigenvalue weighted by Crippen LogP contribution is 2.69. The second kappa shape index (κ2) is 12.9. The van der Waals surface area contributed by atoms with Crippen molar-refractivity contribution in [2.75, 3.05) is 6.54 Å². The standard InChI is InChI=1S/C36H61N3O3/c1-7-9-33(40)42-27-14-18-35(6)31-15-17-34(5)29(25(4)11-8-10-24(2)3)12-13-30(34)28(31)20-32(36(35,41)21-27)38-19-16-26-22-37-23-39-26/h22-25,27-32,38,41H,7-21H2,1-6H3,(H,37,39)/t25-,27?,28+,29-,30+,31+,32?,34-,35-,36?/m1/s1. The molecule has 1 aromatic rings. The second-order valence-electron chi connectivity index (χ2n) is 15.9. The van der Waals surface area contributed by atoms with Gasteiger partial charge in [-0.3, -0.25) is 4.79 Å². The maximum Gasteiger partial charge on any atom is 0.306 e. The fraction of sp³-hybridized carbons (Fsp3) is 0.889. The first kappa shape index (κ1) is 32.0. The molecule has 6 heteroatoms. The highest BCUT2D eigenvalue weighted by Gasteiger charge is 2.67. The van der Waals surface area contributed by atoms with Crippen molar-refractivity contribution in [3.05, 3.63) is 18.2 Å². The molecular weight excluding hydrogens is 522 g/mol. The van der Waals surface area contributed by atoms with Crippen molar-refractivity contribution in [1.29, 1.82) is 0 Å². The molecule has 42 heavy (non-hydrogen) atoms. The van der Waals surface area contributed by atoms with Gasteiger partial charge in [-0.1, -0.05) is 60.8 Å². The van der Waals surface area contributed by atoms with E-state index in [1.807, 2.05) is 13.1 Å². The summed E-state index contributed by atoms with van der Waals surface area (Å²) in [4.78, 5) is 19.9. The van der Waals surface area contributed by atoms with E-state index >= 15 is 0 Å². The van der Waals surface area contributed by atoms with E-state index in [-0.39, 0.29) is 23.5 Å². The molecule has 4 saturated carbocycles. The number of rotatable bonds is 12. The number of carbonyl (C=O) groups is 1. The molecule has 0 saturated heterocycles. The Bertz CT molecular complexity index is 1030. The van der Waals surface area contributed by atoms with Crippen molar-refractivity contribution in [3.8, 4) is 0 Å². The van der Waals surface area contributed by atoms with E-state index in [4.69, 9.17) is 4.74 Å². The smallest absolute Gasteiger partial charge is 0.306 e. The third-order valence-electron chi connectivity index (χ3n) is 13.1. The molecule has 238 valence electrons. The molecule has 4 aliphatic carbocycles. The lowest BCUT2D eigenvalue weighted by atomic mass is 9.42. The molecule has 1 aromatic heterocycles. The van der Waals surface area contributed by atoms with Crippen LogP contribution in [0.1, 0.15) is 131 Å². The maximum absolute atomic E-state index is 12.8. The average molecular weight is 584 g/mol. The third-order valence-corrected chi connectivity index (χ3v) is 13.1. The van der Waals surface area contributed by atoms with Gasteiger partial charge in [0.15, 0.2) is 0 Å². The number of hydrogen-bond donors (Lipinski definition) is 3. The lowest BCUT2D eigenvalue weighted by Gasteiger charge is -2.66. The number of carbonyl (C=O) groups excluding carboxylic acids is 1. The number of nitrogens with one attached hydrogen (secondary N) is 2. The quantitative estimate of drug-likeness (QED) is 0.222. The van der Waals surface area contributed by atoms with Crippen LogP contribution in [0.25, 0.3) is 0 Å². The van der Waals surface area contributed by atoms with Gasteiger partial charge in [0.1, 0.15) is 6.10 Å². The summed E-state index contributed by atoms with van der Waals surface area (Å²) in [7, 11) is 0. The van der Waals surface area contributed by atoms with Crippen molar-refractivity contribution < 1.29 is 14.6 Å². The highest BCUT2D eigenvalue weighted by atomic mass is 16.5. The van der Waals surface area contributed by atoms with Gasteiger partial charge in [-0.05, 0) is 92.3 Å². The van der Waals surface area contributed by atoms with E-state index in [9.17, 15) is 9.90 Å². The normalized spacial score (nSPS) is 40.3. The van der Waals surface area contributed by atoms with Crippen molar-refractivity contribution in [2.24, 2.45) is 46.3 Å². The maximum atomic E-state index is 12.8. The van der Waals surface area contributed by atoms with E-state index in [1.165, 1.54) is 44.9 Å². The minimum Gasteiger partial charge on any atom is -0.462 e. The zero-order valence-corrected chi connectivity index (χ0v) is 27.6. The van der Waals surface area contributed by atoms with Gasteiger partial charge in [-0.15, -0.1) is 0 Å². The fourth-order valence-electron chi connectivity index (χ4n) is 10.9. The van der Waals surface area contributed by atoms with Crippen LogP contribution >= 0.6 is 0 Å². The van der Waals surface area contributed by atoms with Gasteiger partial charge < -0.3 is 20.1 Å². The Morgan fingerprint density at radius 1 is 1.14 bits per heavy atom. The average Bonchev–Trinajstić information content (AvgIpc) is 3.57. The van der Waals surface area contributed by atoms with E-state index in [0.29, 0.717) is 30.1 Å². The van der Waals surface area contributed by atoms with Crippen LogP contribution in [0, 0.1) is 46.3 Å².